The zero-order valence-electron chi connectivity index (χ0n) is 18.9. The fraction of sp³-hybridized carbons (Fsp3) is 0.269. The van der Waals surface area contributed by atoms with Gasteiger partial charge in [0.2, 0.25) is 5.75 Å². The molecule has 0 saturated carbocycles. The molecule has 0 bridgehead atoms. The van der Waals surface area contributed by atoms with Gasteiger partial charge in [-0.2, -0.15) is 0 Å². The van der Waals surface area contributed by atoms with Crippen LogP contribution in [0.3, 0.4) is 0 Å². The number of halogens is 1. The predicted molar refractivity (Wildman–Crippen MR) is 130 cm³/mol. The van der Waals surface area contributed by atoms with Crippen molar-refractivity contribution in [3.05, 3.63) is 82.4 Å². The van der Waals surface area contributed by atoms with Crippen LogP contribution in [0.1, 0.15) is 48.4 Å². The molecular formula is C26H28ClNO5. The monoisotopic (exact) mass is 469 g/mol. The maximum atomic E-state index is 13.2. The van der Waals surface area contributed by atoms with Crippen LogP contribution in [0.2, 0.25) is 5.02 Å². The molecule has 0 aliphatic rings. The highest BCUT2D eigenvalue weighted by atomic mass is 35.5. The minimum atomic E-state index is -0.960. The van der Waals surface area contributed by atoms with Crippen molar-refractivity contribution in [3.8, 4) is 17.2 Å². The number of rotatable bonds is 10. The molecule has 0 aromatic heterocycles. The lowest BCUT2D eigenvalue weighted by molar-refractivity contribution is 0.102. The van der Waals surface area contributed by atoms with E-state index in [4.69, 9.17) is 25.8 Å². The second-order valence-corrected chi connectivity index (χ2v) is 7.54. The highest BCUT2D eigenvalue weighted by Gasteiger charge is 2.21. The number of carbonyl (C=O) groups excluding carboxylic acids is 1. The Hall–Kier alpha value is -3.22. The molecule has 3 rings (SSSR count). The summed E-state index contributed by atoms with van der Waals surface area (Å²) in [6, 6.07) is 17.4. The summed E-state index contributed by atoms with van der Waals surface area (Å²) < 4.78 is 17.1. The van der Waals surface area contributed by atoms with Gasteiger partial charge in [0.1, 0.15) is 6.10 Å². The molecule has 174 valence electrons. The molecule has 2 N–H and O–H groups in total. The van der Waals surface area contributed by atoms with E-state index in [1.807, 2.05) is 51.1 Å². The van der Waals surface area contributed by atoms with Crippen LogP contribution >= 0.6 is 11.6 Å². The van der Waals surface area contributed by atoms with Gasteiger partial charge in [-0.05, 0) is 56.7 Å². The molecule has 0 fully saturated rings. The first-order valence-electron chi connectivity index (χ1n) is 10.9. The van der Waals surface area contributed by atoms with E-state index < -0.39 is 6.10 Å². The quantitative estimate of drug-likeness (QED) is 0.388. The maximum absolute atomic E-state index is 13.2. The molecule has 1 unspecified atom stereocenters. The van der Waals surface area contributed by atoms with Crippen LogP contribution in [-0.4, -0.2) is 30.8 Å². The summed E-state index contributed by atoms with van der Waals surface area (Å²) in [5.74, 6) is 0.931. The molecule has 6 nitrogen and oxygen atoms in total. The lowest BCUT2D eigenvalue weighted by atomic mass is 9.99. The minimum Gasteiger partial charge on any atom is -0.490 e. The van der Waals surface area contributed by atoms with E-state index in [0.717, 1.165) is 0 Å². The van der Waals surface area contributed by atoms with Crippen molar-refractivity contribution < 1.29 is 24.1 Å². The van der Waals surface area contributed by atoms with Gasteiger partial charge in [-0.1, -0.05) is 41.9 Å². The molecule has 0 spiro atoms. The molecule has 1 atom stereocenters. The van der Waals surface area contributed by atoms with Gasteiger partial charge >= 0.3 is 0 Å². The fourth-order valence-corrected chi connectivity index (χ4v) is 3.58. The third kappa shape index (κ3) is 5.97. The number of aliphatic hydroxyl groups is 1. The summed E-state index contributed by atoms with van der Waals surface area (Å²) in [6.45, 7) is 6.81. The SMILES string of the molecule is CCOc1cc(C(=O)Nc2ccc(Cl)cc2C(O)c2ccccc2)cc(OCC)c1OCC. The van der Waals surface area contributed by atoms with Crippen LogP contribution in [0.4, 0.5) is 5.69 Å². The molecule has 3 aromatic rings. The molecule has 0 aliphatic heterocycles. The van der Waals surface area contributed by atoms with Gasteiger partial charge < -0.3 is 24.6 Å². The second-order valence-electron chi connectivity index (χ2n) is 7.10. The Bertz CT molecular complexity index is 1060. The number of hydrogen-bond acceptors (Lipinski definition) is 5. The highest BCUT2D eigenvalue weighted by Crippen LogP contribution is 2.39. The zero-order chi connectivity index (χ0) is 23.8. The molecule has 1 amide bonds. The van der Waals surface area contributed by atoms with E-state index in [0.29, 0.717) is 64.5 Å². The number of anilines is 1. The van der Waals surface area contributed by atoms with Crippen molar-refractivity contribution in [2.24, 2.45) is 0 Å². The van der Waals surface area contributed by atoms with Crippen molar-refractivity contribution in [2.75, 3.05) is 25.1 Å². The fourth-order valence-electron chi connectivity index (χ4n) is 3.40. The van der Waals surface area contributed by atoms with Crippen LogP contribution in [0.25, 0.3) is 0 Å². The van der Waals surface area contributed by atoms with Gasteiger partial charge in [-0.25, -0.2) is 0 Å². The van der Waals surface area contributed by atoms with E-state index in [1.54, 1.807) is 30.3 Å². The van der Waals surface area contributed by atoms with Gasteiger partial charge in [-0.15, -0.1) is 0 Å². The number of hydrogen-bond donors (Lipinski definition) is 2. The van der Waals surface area contributed by atoms with Crippen LogP contribution in [-0.2, 0) is 0 Å². The van der Waals surface area contributed by atoms with Gasteiger partial charge in [0.15, 0.2) is 11.5 Å². The van der Waals surface area contributed by atoms with Crippen LogP contribution in [0.15, 0.2) is 60.7 Å². The third-order valence-corrected chi connectivity index (χ3v) is 5.08. The average molecular weight is 470 g/mol. The van der Waals surface area contributed by atoms with Crippen molar-refractivity contribution >= 4 is 23.2 Å². The Morgan fingerprint density at radius 1 is 0.909 bits per heavy atom. The summed E-state index contributed by atoms with van der Waals surface area (Å²) >= 11 is 6.19. The first-order valence-corrected chi connectivity index (χ1v) is 11.3. The first kappa shape index (κ1) is 24.4. The Morgan fingerprint density at radius 3 is 2.09 bits per heavy atom. The standard InChI is InChI=1S/C26H28ClNO5/c1-4-31-22-14-18(15-23(32-5-2)25(22)33-6-3)26(30)28-21-13-12-19(27)16-20(21)24(29)17-10-8-7-9-11-17/h7-16,24,29H,4-6H2,1-3H3,(H,28,30). The summed E-state index contributed by atoms with van der Waals surface area (Å²) in [6.07, 6.45) is -0.960. The number of aliphatic hydroxyl groups excluding tert-OH is 1. The Morgan fingerprint density at radius 2 is 1.52 bits per heavy atom. The van der Waals surface area contributed by atoms with Crippen molar-refractivity contribution in [2.45, 2.75) is 26.9 Å². The molecule has 0 heterocycles. The van der Waals surface area contributed by atoms with Crippen molar-refractivity contribution in [1.29, 1.82) is 0 Å². The number of benzene rings is 3. The van der Waals surface area contributed by atoms with Crippen LogP contribution in [0.5, 0.6) is 17.2 Å². The van der Waals surface area contributed by atoms with Crippen molar-refractivity contribution in [1.82, 2.24) is 0 Å². The van der Waals surface area contributed by atoms with Gasteiger partial charge in [-0.3, -0.25) is 4.79 Å². The van der Waals surface area contributed by atoms with E-state index in [2.05, 4.69) is 5.32 Å². The van der Waals surface area contributed by atoms with E-state index >= 15 is 0 Å². The van der Waals surface area contributed by atoms with Gasteiger partial charge in [0, 0.05) is 21.8 Å². The van der Waals surface area contributed by atoms with Gasteiger partial charge in [0.25, 0.3) is 5.91 Å². The Balaban J connectivity index is 1.97. The molecule has 33 heavy (non-hydrogen) atoms. The van der Waals surface area contributed by atoms with E-state index in [1.165, 1.54) is 0 Å². The maximum Gasteiger partial charge on any atom is 0.255 e. The van der Waals surface area contributed by atoms with Gasteiger partial charge in [0.05, 0.1) is 19.8 Å². The summed E-state index contributed by atoms with van der Waals surface area (Å²) in [5, 5.41) is 14.3. The third-order valence-electron chi connectivity index (χ3n) is 4.84. The molecule has 3 aromatic carbocycles. The van der Waals surface area contributed by atoms with Crippen LogP contribution < -0.4 is 19.5 Å². The summed E-state index contributed by atoms with van der Waals surface area (Å²) in [7, 11) is 0. The number of carbonyl (C=O) groups is 1. The zero-order valence-corrected chi connectivity index (χ0v) is 19.7. The summed E-state index contributed by atoms with van der Waals surface area (Å²) in [4.78, 5) is 13.2. The van der Waals surface area contributed by atoms with E-state index in [-0.39, 0.29) is 5.91 Å². The molecule has 0 saturated heterocycles. The number of ether oxygens (including phenoxy) is 3. The highest BCUT2D eigenvalue weighted by molar-refractivity contribution is 6.30. The smallest absolute Gasteiger partial charge is 0.255 e. The Kier molecular flexibility index (Phi) is 8.58. The number of amides is 1. The largest absolute Gasteiger partial charge is 0.490 e. The normalized spacial score (nSPS) is 11.5. The topological polar surface area (TPSA) is 77.0 Å². The molecular weight excluding hydrogens is 442 g/mol. The average Bonchev–Trinajstić information content (AvgIpc) is 2.82. The lowest BCUT2D eigenvalue weighted by Gasteiger charge is -2.19. The second kappa shape index (κ2) is 11.6. The minimum absolute atomic E-state index is 0.334. The summed E-state index contributed by atoms with van der Waals surface area (Å²) in [5.41, 5.74) is 1.96. The lowest BCUT2D eigenvalue weighted by Crippen LogP contribution is -2.15. The van der Waals surface area contributed by atoms with Crippen molar-refractivity contribution in [3.63, 3.8) is 0 Å². The predicted octanol–water partition coefficient (Wildman–Crippen LogP) is 5.87. The molecule has 7 heteroatoms. The van der Waals surface area contributed by atoms with E-state index in [9.17, 15) is 9.90 Å². The number of nitrogens with one attached hydrogen (secondary N) is 1. The first-order chi connectivity index (χ1) is 16.0. The Labute approximate surface area is 199 Å². The molecule has 0 radical (unpaired) electrons. The van der Waals surface area contributed by atoms with Crippen LogP contribution in [0, 0.1) is 0 Å². The molecule has 0 aliphatic carbocycles.